The van der Waals surface area contributed by atoms with E-state index in [1.165, 1.54) is 0 Å². The summed E-state index contributed by atoms with van der Waals surface area (Å²) in [5.74, 6) is -0.268. The summed E-state index contributed by atoms with van der Waals surface area (Å²) >= 11 is 12.0. The number of anilines is 1. The lowest BCUT2D eigenvalue weighted by molar-refractivity contribution is 0.0954. The van der Waals surface area contributed by atoms with E-state index >= 15 is 0 Å². The molecule has 3 nitrogen and oxygen atoms in total. The van der Waals surface area contributed by atoms with Crippen LogP contribution in [0.15, 0.2) is 42.5 Å². The van der Waals surface area contributed by atoms with Crippen LogP contribution in [0.25, 0.3) is 0 Å². The zero-order chi connectivity index (χ0) is 14.5. The lowest BCUT2D eigenvalue weighted by atomic mass is 10.1. The average molecular weight is 309 g/mol. The molecule has 2 aromatic carbocycles. The van der Waals surface area contributed by atoms with E-state index in [0.717, 1.165) is 11.3 Å². The molecule has 0 fully saturated rings. The first-order valence-electron chi connectivity index (χ1n) is 6.14. The van der Waals surface area contributed by atoms with Crippen LogP contribution in [0, 0.1) is 0 Å². The summed E-state index contributed by atoms with van der Waals surface area (Å²) in [6.07, 6.45) is 0.716. The molecule has 20 heavy (non-hydrogen) atoms. The van der Waals surface area contributed by atoms with E-state index in [-0.39, 0.29) is 5.91 Å². The molecule has 104 valence electrons. The van der Waals surface area contributed by atoms with Crippen molar-refractivity contribution in [3.05, 3.63) is 63.6 Å². The summed E-state index contributed by atoms with van der Waals surface area (Å²) in [6.45, 7) is 0.504. The molecule has 0 heterocycles. The van der Waals surface area contributed by atoms with Crippen LogP contribution in [0.3, 0.4) is 0 Å². The zero-order valence-electron chi connectivity index (χ0n) is 10.7. The monoisotopic (exact) mass is 308 g/mol. The molecule has 0 atom stereocenters. The van der Waals surface area contributed by atoms with Gasteiger partial charge in [0.25, 0.3) is 5.91 Å². The fourth-order valence-corrected chi connectivity index (χ4v) is 2.38. The van der Waals surface area contributed by atoms with Crippen LogP contribution < -0.4 is 11.1 Å². The van der Waals surface area contributed by atoms with Crippen molar-refractivity contribution < 1.29 is 4.79 Å². The third-order valence-corrected chi connectivity index (χ3v) is 3.50. The number of carbonyl (C=O) groups is 1. The van der Waals surface area contributed by atoms with Gasteiger partial charge >= 0.3 is 0 Å². The van der Waals surface area contributed by atoms with Gasteiger partial charge in [0.15, 0.2) is 0 Å². The summed E-state index contributed by atoms with van der Waals surface area (Å²) in [5.41, 5.74) is 7.75. The fourth-order valence-electron chi connectivity index (χ4n) is 1.81. The average Bonchev–Trinajstić information content (AvgIpc) is 2.41. The first-order chi connectivity index (χ1) is 9.58. The highest BCUT2D eigenvalue weighted by Crippen LogP contribution is 2.23. The predicted molar refractivity (Wildman–Crippen MR) is 83.4 cm³/mol. The first-order valence-corrected chi connectivity index (χ1v) is 6.90. The molecule has 1 amide bonds. The summed E-state index contributed by atoms with van der Waals surface area (Å²) in [7, 11) is 0. The first kappa shape index (κ1) is 14.7. The molecule has 2 rings (SSSR count). The van der Waals surface area contributed by atoms with Gasteiger partial charge in [0.05, 0.1) is 15.6 Å². The number of hydrogen-bond donors (Lipinski definition) is 2. The Hall–Kier alpha value is -1.71. The van der Waals surface area contributed by atoms with Crippen molar-refractivity contribution in [2.45, 2.75) is 6.42 Å². The maximum Gasteiger partial charge on any atom is 0.254 e. The molecule has 2 aromatic rings. The van der Waals surface area contributed by atoms with E-state index in [4.69, 9.17) is 28.9 Å². The molecular weight excluding hydrogens is 295 g/mol. The molecular formula is C15H14Cl2N2O. The van der Waals surface area contributed by atoms with Gasteiger partial charge in [0.2, 0.25) is 0 Å². The number of nitrogens with one attached hydrogen (secondary N) is 1. The number of nitrogen functional groups attached to an aromatic ring is 1. The van der Waals surface area contributed by atoms with E-state index < -0.39 is 0 Å². The van der Waals surface area contributed by atoms with Gasteiger partial charge in [0.1, 0.15) is 0 Å². The lowest BCUT2D eigenvalue weighted by Crippen LogP contribution is -2.26. The van der Waals surface area contributed by atoms with Gasteiger partial charge in [-0.05, 0) is 36.2 Å². The molecule has 0 aliphatic carbocycles. The van der Waals surface area contributed by atoms with Crippen molar-refractivity contribution in [3.63, 3.8) is 0 Å². The molecule has 0 radical (unpaired) electrons. The van der Waals surface area contributed by atoms with E-state index in [1.54, 1.807) is 18.2 Å². The van der Waals surface area contributed by atoms with Gasteiger partial charge in [-0.15, -0.1) is 0 Å². The minimum absolute atomic E-state index is 0.268. The highest BCUT2D eigenvalue weighted by atomic mass is 35.5. The van der Waals surface area contributed by atoms with Gasteiger partial charge in [-0.3, -0.25) is 4.79 Å². The number of nitrogens with two attached hydrogens (primary N) is 1. The van der Waals surface area contributed by atoms with Crippen molar-refractivity contribution in [1.82, 2.24) is 5.32 Å². The largest absolute Gasteiger partial charge is 0.399 e. The summed E-state index contributed by atoms with van der Waals surface area (Å²) < 4.78 is 0. The number of amides is 1. The topological polar surface area (TPSA) is 55.1 Å². The SMILES string of the molecule is Nc1ccc(CCNC(=O)c2c(Cl)cccc2Cl)cc1. The Labute approximate surface area is 127 Å². The molecule has 0 unspecified atom stereocenters. The third kappa shape index (κ3) is 3.65. The van der Waals surface area contributed by atoms with Crippen molar-refractivity contribution >= 4 is 34.8 Å². The van der Waals surface area contributed by atoms with Crippen molar-refractivity contribution in [2.24, 2.45) is 0 Å². The van der Waals surface area contributed by atoms with Crippen LogP contribution in [0.5, 0.6) is 0 Å². The minimum atomic E-state index is -0.268. The van der Waals surface area contributed by atoms with Crippen LogP contribution in [0.4, 0.5) is 5.69 Å². The Balaban J connectivity index is 1.94. The Bertz CT molecular complexity index is 592. The Morgan fingerprint density at radius 1 is 1.05 bits per heavy atom. The molecule has 0 spiro atoms. The summed E-state index contributed by atoms with van der Waals surface area (Å²) in [4.78, 5) is 12.0. The van der Waals surface area contributed by atoms with Gasteiger partial charge < -0.3 is 11.1 Å². The zero-order valence-corrected chi connectivity index (χ0v) is 12.2. The molecule has 0 saturated carbocycles. The lowest BCUT2D eigenvalue weighted by Gasteiger charge is -2.08. The number of carbonyl (C=O) groups excluding carboxylic acids is 1. The molecule has 0 bridgehead atoms. The minimum Gasteiger partial charge on any atom is -0.399 e. The van der Waals surface area contributed by atoms with Gasteiger partial charge in [-0.2, -0.15) is 0 Å². The van der Waals surface area contributed by atoms with E-state index in [2.05, 4.69) is 5.32 Å². The van der Waals surface area contributed by atoms with Crippen molar-refractivity contribution in [1.29, 1.82) is 0 Å². The second kappa shape index (κ2) is 6.64. The number of halogens is 2. The third-order valence-electron chi connectivity index (χ3n) is 2.87. The van der Waals surface area contributed by atoms with E-state index in [1.807, 2.05) is 24.3 Å². The van der Waals surface area contributed by atoms with Crippen LogP contribution >= 0.6 is 23.2 Å². The van der Waals surface area contributed by atoms with E-state index in [0.29, 0.717) is 28.6 Å². The normalized spacial score (nSPS) is 10.3. The van der Waals surface area contributed by atoms with E-state index in [9.17, 15) is 4.79 Å². The standard InChI is InChI=1S/C15H14Cl2N2O/c16-12-2-1-3-13(17)14(12)15(20)19-9-8-10-4-6-11(18)7-5-10/h1-7H,8-9,18H2,(H,19,20). The smallest absolute Gasteiger partial charge is 0.254 e. The van der Waals surface area contributed by atoms with Crippen LogP contribution in [0.2, 0.25) is 10.0 Å². The maximum atomic E-state index is 12.0. The molecule has 5 heteroatoms. The Morgan fingerprint density at radius 2 is 1.65 bits per heavy atom. The van der Waals surface area contributed by atoms with Gasteiger partial charge in [0, 0.05) is 12.2 Å². The second-order valence-electron chi connectivity index (χ2n) is 4.34. The van der Waals surface area contributed by atoms with Gasteiger partial charge in [-0.25, -0.2) is 0 Å². The van der Waals surface area contributed by atoms with Crippen molar-refractivity contribution in [3.8, 4) is 0 Å². The molecule has 0 aromatic heterocycles. The summed E-state index contributed by atoms with van der Waals surface area (Å²) in [5, 5.41) is 3.50. The number of rotatable bonds is 4. The fraction of sp³-hybridized carbons (Fsp3) is 0.133. The van der Waals surface area contributed by atoms with Crippen LogP contribution in [-0.4, -0.2) is 12.5 Å². The summed E-state index contributed by atoms with van der Waals surface area (Å²) in [6, 6.07) is 12.5. The van der Waals surface area contributed by atoms with Crippen LogP contribution in [0.1, 0.15) is 15.9 Å². The predicted octanol–water partition coefficient (Wildman–Crippen LogP) is 3.55. The number of benzene rings is 2. The molecule has 0 aliphatic rings. The Morgan fingerprint density at radius 3 is 2.25 bits per heavy atom. The van der Waals surface area contributed by atoms with Crippen LogP contribution in [-0.2, 0) is 6.42 Å². The maximum absolute atomic E-state index is 12.0. The Kier molecular flexibility index (Phi) is 4.88. The molecule has 0 aliphatic heterocycles. The molecule has 0 saturated heterocycles. The quantitative estimate of drug-likeness (QED) is 0.849. The highest BCUT2D eigenvalue weighted by molar-refractivity contribution is 6.39. The number of hydrogen-bond acceptors (Lipinski definition) is 2. The van der Waals surface area contributed by atoms with Crippen molar-refractivity contribution in [2.75, 3.05) is 12.3 Å². The second-order valence-corrected chi connectivity index (χ2v) is 5.16. The van der Waals surface area contributed by atoms with Gasteiger partial charge in [-0.1, -0.05) is 41.4 Å². The highest BCUT2D eigenvalue weighted by Gasteiger charge is 2.13. The molecule has 3 N–H and O–H groups in total.